The van der Waals surface area contributed by atoms with Crippen LogP contribution in [0.2, 0.25) is 0 Å². The van der Waals surface area contributed by atoms with Crippen LogP contribution in [0.5, 0.6) is 5.75 Å². The number of anilines is 1. The standard InChI is InChI=1S/C24H33N3O5S/c1-4-26(5-2)18-19-7-9-20(10-8-19)24(28)25-22-17-21(11-12-23(22)32-6-3)33(29,30)27-13-15-31-16-14-27/h7-12,17H,4-6,13-16,18H2,1-3H3,(H,25,28). The summed E-state index contributed by atoms with van der Waals surface area (Å²) in [4.78, 5) is 15.3. The van der Waals surface area contributed by atoms with Crippen molar-refractivity contribution in [3.63, 3.8) is 0 Å². The second kappa shape index (κ2) is 11.6. The van der Waals surface area contributed by atoms with Gasteiger partial charge in [-0.25, -0.2) is 8.42 Å². The minimum Gasteiger partial charge on any atom is -0.492 e. The van der Waals surface area contributed by atoms with Crippen LogP contribution in [-0.4, -0.2) is 69.5 Å². The van der Waals surface area contributed by atoms with E-state index in [0.717, 1.165) is 25.2 Å². The summed E-state index contributed by atoms with van der Waals surface area (Å²) >= 11 is 0. The Morgan fingerprint density at radius 2 is 1.73 bits per heavy atom. The number of morpholine rings is 1. The van der Waals surface area contributed by atoms with Gasteiger partial charge >= 0.3 is 0 Å². The molecule has 1 heterocycles. The Hall–Kier alpha value is -2.46. The lowest BCUT2D eigenvalue weighted by Crippen LogP contribution is -2.40. The van der Waals surface area contributed by atoms with Gasteiger partial charge in [-0.3, -0.25) is 9.69 Å². The van der Waals surface area contributed by atoms with Crippen molar-refractivity contribution >= 4 is 21.6 Å². The van der Waals surface area contributed by atoms with Crippen LogP contribution in [0.25, 0.3) is 0 Å². The van der Waals surface area contributed by atoms with Crippen LogP contribution < -0.4 is 10.1 Å². The van der Waals surface area contributed by atoms with E-state index in [1.165, 1.54) is 16.4 Å². The molecule has 0 bridgehead atoms. The van der Waals surface area contributed by atoms with Crippen LogP contribution in [0.4, 0.5) is 5.69 Å². The lowest BCUT2D eigenvalue weighted by Gasteiger charge is -2.26. The molecule has 9 heteroatoms. The third kappa shape index (κ3) is 6.32. The molecule has 180 valence electrons. The number of hydrogen-bond donors (Lipinski definition) is 1. The van der Waals surface area contributed by atoms with E-state index in [9.17, 15) is 13.2 Å². The van der Waals surface area contributed by atoms with Gasteiger partial charge in [-0.1, -0.05) is 26.0 Å². The summed E-state index contributed by atoms with van der Waals surface area (Å²) in [6.07, 6.45) is 0. The Morgan fingerprint density at radius 3 is 2.33 bits per heavy atom. The molecule has 3 rings (SSSR count). The molecule has 0 aromatic heterocycles. The quantitative estimate of drug-likeness (QED) is 0.568. The lowest BCUT2D eigenvalue weighted by molar-refractivity contribution is 0.0730. The molecule has 1 fully saturated rings. The lowest BCUT2D eigenvalue weighted by atomic mass is 10.1. The summed E-state index contributed by atoms with van der Waals surface area (Å²) in [5, 5.41) is 2.83. The van der Waals surface area contributed by atoms with Crippen molar-refractivity contribution in [2.24, 2.45) is 0 Å². The van der Waals surface area contributed by atoms with Gasteiger partial charge in [0.2, 0.25) is 10.0 Å². The van der Waals surface area contributed by atoms with Crippen LogP contribution in [0.1, 0.15) is 36.7 Å². The fourth-order valence-electron chi connectivity index (χ4n) is 3.65. The van der Waals surface area contributed by atoms with Crippen molar-refractivity contribution in [2.45, 2.75) is 32.2 Å². The Morgan fingerprint density at radius 1 is 1.06 bits per heavy atom. The number of nitrogens with one attached hydrogen (secondary N) is 1. The number of nitrogens with zero attached hydrogens (tertiary/aromatic N) is 2. The van der Waals surface area contributed by atoms with Crippen LogP contribution in [0.3, 0.4) is 0 Å². The van der Waals surface area contributed by atoms with Crippen molar-refractivity contribution in [2.75, 3.05) is 51.3 Å². The number of rotatable bonds is 10. The molecule has 0 atom stereocenters. The second-order valence-electron chi connectivity index (χ2n) is 7.72. The number of ether oxygens (including phenoxy) is 2. The van der Waals surface area contributed by atoms with Crippen LogP contribution in [-0.2, 0) is 21.3 Å². The van der Waals surface area contributed by atoms with E-state index in [1.54, 1.807) is 18.2 Å². The molecule has 1 N–H and O–H groups in total. The van der Waals surface area contributed by atoms with E-state index >= 15 is 0 Å². The van der Waals surface area contributed by atoms with Gasteiger partial charge in [-0.05, 0) is 55.9 Å². The predicted octanol–water partition coefficient (Wildman–Crippen LogP) is 3.20. The zero-order valence-corrected chi connectivity index (χ0v) is 20.4. The maximum atomic E-state index is 13.1. The van der Waals surface area contributed by atoms with Gasteiger partial charge in [0.1, 0.15) is 5.75 Å². The summed E-state index contributed by atoms with van der Waals surface area (Å²) < 4.78 is 38.4. The summed E-state index contributed by atoms with van der Waals surface area (Å²) in [5.74, 6) is 0.0937. The van der Waals surface area contributed by atoms with Gasteiger partial charge in [0.05, 0.1) is 30.4 Å². The molecule has 2 aromatic rings. The Bertz CT molecular complexity index is 1030. The Balaban J connectivity index is 1.81. The van der Waals surface area contributed by atoms with Crippen LogP contribution >= 0.6 is 0 Å². The number of amides is 1. The Kier molecular flexibility index (Phi) is 8.85. The van der Waals surface area contributed by atoms with E-state index in [0.29, 0.717) is 49.9 Å². The van der Waals surface area contributed by atoms with E-state index in [1.807, 2.05) is 19.1 Å². The number of hydrogen-bond acceptors (Lipinski definition) is 6. The van der Waals surface area contributed by atoms with Crippen molar-refractivity contribution in [1.29, 1.82) is 0 Å². The van der Waals surface area contributed by atoms with Gasteiger partial charge in [-0.2, -0.15) is 4.31 Å². The Labute approximate surface area is 196 Å². The number of carbonyl (C=O) groups excluding carboxylic acids is 1. The first-order valence-electron chi connectivity index (χ1n) is 11.4. The van der Waals surface area contributed by atoms with Gasteiger partial charge in [0.25, 0.3) is 5.91 Å². The first kappa shape index (κ1) is 25.2. The fourth-order valence-corrected chi connectivity index (χ4v) is 5.08. The van der Waals surface area contributed by atoms with E-state index in [-0.39, 0.29) is 10.8 Å². The van der Waals surface area contributed by atoms with Crippen LogP contribution in [0, 0.1) is 0 Å². The minimum atomic E-state index is -3.70. The zero-order valence-electron chi connectivity index (χ0n) is 19.5. The largest absolute Gasteiger partial charge is 0.492 e. The minimum absolute atomic E-state index is 0.109. The van der Waals surface area contributed by atoms with Gasteiger partial charge < -0.3 is 14.8 Å². The molecular formula is C24H33N3O5S. The monoisotopic (exact) mass is 475 g/mol. The zero-order chi connectivity index (χ0) is 23.8. The third-order valence-corrected chi connectivity index (χ3v) is 7.52. The highest BCUT2D eigenvalue weighted by atomic mass is 32.2. The number of sulfonamides is 1. The molecule has 1 saturated heterocycles. The van der Waals surface area contributed by atoms with Crippen molar-refractivity contribution < 1.29 is 22.7 Å². The average molecular weight is 476 g/mol. The third-order valence-electron chi connectivity index (χ3n) is 5.62. The normalized spacial score (nSPS) is 14.9. The molecule has 0 saturated carbocycles. The molecule has 8 nitrogen and oxygen atoms in total. The molecule has 0 aliphatic carbocycles. The SMILES string of the molecule is CCOc1ccc(S(=O)(=O)N2CCOCC2)cc1NC(=O)c1ccc(CN(CC)CC)cc1. The van der Waals surface area contributed by atoms with Crippen molar-refractivity contribution in [3.8, 4) is 5.75 Å². The van der Waals surface area contributed by atoms with Gasteiger partial charge in [-0.15, -0.1) is 0 Å². The highest BCUT2D eigenvalue weighted by Crippen LogP contribution is 2.30. The van der Waals surface area contributed by atoms with E-state index < -0.39 is 10.0 Å². The van der Waals surface area contributed by atoms with E-state index in [2.05, 4.69) is 24.1 Å². The fraction of sp³-hybridized carbons (Fsp3) is 0.458. The average Bonchev–Trinajstić information content (AvgIpc) is 2.84. The summed E-state index contributed by atoms with van der Waals surface area (Å²) in [5.41, 5.74) is 1.94. The summed E-state index contributed by atoms with van der Waals surface area (Å²) in [6, 6.07) is 12.0. The summed E-state index contributed by atoms with van der Waals surface area (Å²) in [7, 11) is -3.70. The second-order valence-corrected chi connectivity index (χ2v) is 9.66. The first-order valence-corrected chi connectivity index (χ1v) is 12.8. The predicted molar refractivity (Wildman–Crippen MR) is 128 cm³/mol. The molecule has 1 aliphatic heterocycles. The maximum absolute atomic E-state index is 13.1. The molecule has 2 aromatic carbocycles. The molecule has 0 spiro atoms. The van der Waals surface area contributed by atoms with Crippen molar-refractivity contribution in [1.82, 2.24) is 9.21 Å². The molecular weight excluding hydrogens is 442 g/mol. The van der Waals surface area contributed by atoms with Gasteiger partial charge in [0.15, 0.2) is 0 Å². The highest BCUT2D eigenvalue weighted by molar-refractivity contribution is 7.89. The maximum Gasteiger partial charge on any atom is 0.255 e. The number of carbonyl (C=O) groups is 1. The molecule has 1 amide bonds. The molecule has 33 heavy (non-hydrogen) atoms. The molecule has 1 aliphatic rings. The van der Waals surface area contributed by atoms with Crippen LogP contribution in [0.15, 0.2) is 47.4 Å². The first-order chi connectivity index (χ1) is 15.9. The molecule has 0 unspecified atom stereocenters. The summed E-state index contributed by atoms with van der Waals surface area (Å²) in [6.45, 7) is 10.5. The molecule has 0 radical (unpaired) electrons. The van der Waals surface area contributed by atoms with Gasteiger partial charge in [0, 0.05) is 25.2 Å². The topological polar surface area (TPSA) is 88.2 Å². The van der Waals surface area contributed by atoms with Crippen molar-refractivity contribution in [3.05, 3.63) is 53.6 Å². The highest BCUT2D eigenvalue weighted by Gasteiger charge is 2.27. The smallest absolute Gasteiger partial charge is 0.255 e. The van der Waals surface area contributed by atoms with E-state index in [4.69, 9.17) is 9.47 Å². The number of benzene rings is 2.